The average molecular weight is 460 g/mol. The molecule has 1 N–H and O–H groups in total. The third-order valence-electron chi connectivity index (χ3n) is 5.31. The number of carbonyl (C=O) groups is 1. The fraction of sp³-hybridized carbons (Fsp3) is 0.0833. The molecule has 158 valence electrons. The lowest BCUT2D eigenvalue weighted by atomic mass is 10.1. The van der Waals surface area contributed by atoms with Crippen LogP contribution in [-0.2, 0) is 4.79 Å². The van der Waals surface area contributed by atoms with Crippen molar-refractivity contribution < 1.29 is 4.79 Å². The first-order valence-corrected chi connectivity index (χ1v) is 11.1. The number of rotatable bonds is 3. The molecule has 6 nitrogen and oxygen atoms in total. The lowest BCUT2D eigenvalue weighted by molar-refractivity contribution is -0.114. The molecule has 3 heterocycles. The van der Waals surface area contributed by atoms with Gasteiger partial charge in [0.15, 0.2) is 5.84 Å². The van der Waals surface area contributed by atoms with Gasteiger partial charge in [-0.2, -0.15) is 15.1 Å². The molecular weight excluding hydrogens is 442 g/mol. The summed E-state index contributed by atoms with van der Waals surface area (Å²) in [5.41, 5.74) is 4.85. The Morgan fingerprint density at radius 3 is 2.59 bits per heavy atom. The Balaban J connectivity index is 1.52. The van der Waals surface area contributed by atoms with Crippen molar-refractivity contribution in [2.75, 3.05) is 0 Å². The quantitative estimate of drug-likeness (QED) is 0.532. The predicted molar refractivity (Wildman–Crippen MR) is 131 cm³/mol. The summed E-state index contributed by atoms with van der Waals surface area (Å²) >= 11 is 7.47. The number of aliphatic imine (C=N–C) groups is 1. The van der Waals surface area contributed by atoms with Crippen molar-refractivity contribution in [3.05, 3.63) is 93.8 Å². The van der Waals surface area contributed by atoms with Crippen LogP contribution in [-0.4, -0.2) is 31.5 Å². The van der Waals surface area contributed by atoms with E-state index in [1.807, 2.05) is 74.5 Å². The highest BCUT2D eigenvalue weighted by atomic mass is 35.5. The Morgan fingerprint density at radius 2 is 1.84 bits per heavy atom. The van der Waals surface area contributed by atoms with Gasteiger partial charge in [-0.3, -0.25) is 10.2 Å². The summed E-state index contributed by atoms with van der Waals surface area (Å²) in [5.74, 6) is -0.420. The van der Waals surface area contributed by atoms with Crippen LogP contribution in [0.5, 0.6) is 0 Å². The Bertz CT molecular complexity index is 1370. The minimum atomic E-state index is -0.439. The normalized spacial score (nSPS) is 17.0. The van der Waals surface area contributed by atoms with Crippen LogP contribution in [0.15, 0.2) is 76.3 Å². The van der Waals surface area contributed by atoms with Crippen molar-refractivity contribution in [3.8, 4) is 5.69 Å². The molecule has 1 amide bonds. The number of amidine groups is 2. The number of fused-ring (bicyclic) bond motifs is 1. The summed E-state index contributed by atoms with van der Waals surface area (Å²) in [7, 11) is 0. The van der Waals surface area contributed by atoms with Crippen LogP contribution < -0.4 is 0 Å². The second-order valence-electron chi connectivity index (χ2n) is 7.43. The maximum Gasteiger partial charge on any atom is 0.283 e. The second-order valence-corrected chi connectivity index (χ2v) is 8.83. The van der Waals surface area contributed by atoms with Crippen LogP contribution in [0, 0.1) is 19.3 Å². The maximum atomic E-state index is 12.8. The highest BCUT2D eigenvalue weighted by Gasteiger charge is 2.36. The zero-order chi connectivity index (χ0) is 22.4. The molecule has 0 saturated carbocycles. The molecule has 0 unspecified atom stereocenters. The SMILES string of the molecule is Cc1cc(/C=C2\C(=N)N3N=C(c4ccccc4)SC3=NC2=O)c(C)n1-c1cccc(Cl)c1. The zero-order valence-corrected chi connectivity index (χ0v) is 18.9. The summed E-state index contributed by atoms with van der Waals surface area (Å²) in [4.78, 5) is 17.0. The standard InChI is InChI=1S/C24H18ClN5OS/c1-14-11-17(15(2)29(14)19-10-6-9-18(25)13-19)12-20-21(26)30-24(27-22(20)31)32-23(28-30)16-7-4-3-5-8-16/h3-13,26H,1-2H3/b20-12+,26-21?. The van der Waals surface area contributed by atoms with E-state index in [4.69, 9.17) is 17.0 Å². The van der Waals surface area contributed by atoms with Crippen LogP contribution >= 0.6 is 23.4 Å². The van der Waals surface area contributed by atoms with Gasteiger partial charge < -0.3 is 4.57 Å². The van der Waals surface area contributed by atoms with Gasteiger partial charge in [0.05, 0.1) is 5.57 Å². The van der Waals surface area contributed by atoms with E-state index >= 15 is 0 Å². The maximum absolute atomic E-state index is 12.8. The highest BCUT2D eigenvalue weighted by Crippen LogP contribution is 2.32. The Morgan fingerprint density at radius 1 is 1.06 bits per heavy atom. The first-order chi connectivity index (χ1) is 15.4. The van der Waals surface area contributed by atoms with Gasteiger partial charge in [0, 0.05) is 27.7 Å². The first-order valence-electron chi connectivity index (χ1n) is 9.93. The number of aromatic nitrogens is 1. The summed E-state index contributed by atoms with van der Waals surface area (Å²) in [5, 5.41) is 16.4. The van der Waals surface area contributed by atoms with Crippen LogP contribution in [0.4, 0.5) is 0 Å². The number of thioether (sulfide) groups is 1. The molecule has 32 heavy (non-hydrogen) atoms. The Kier molecular flexibility index (Phi) is 5.07. The number of hydrazone groups is 1. The molecule has 0 atom stereocenters. The van der Waals surface area contributed by atoms with E-state index in [1.54, 1.807) is 6.08 Å². The van der Waals surface area contributed by atoms with E-state index < -0.39 is 5.91 Å². The molecule has 3 aromatic rings. The third-order valence-corrected chi connectivity index (χ3v) is 6.50. The number of nitrogens with zero attached hydrogens (tertiary/aromatic N) is 4. The summed E-state index contributed by atoms with van der Waals surface area (Å²) in [6.45, 7) is 3.97. The number of aryl methyl sites for hydroxylation is 1. The number of carbonyl (C=O) groups excluding carboxylic acids is 1. The largest absolute Gasteiger partial charge is 0.318 e. The predicted octanol–water partition coefficient (Wildman–Crippen LogP) is 5.42. The molecule has 2 aliphatic rings. The average Bonchev–Trinajstić information content (AvgIpc) is 3.32. The van der Waals surface area contributed by atoms with Crippen molar-refractivity contribution in [3.63, 3.8) is 0 Å². The summed E-state index contributed by atoms with van der Waals surface area (Å²) in [6, 6.07) is 19.3. The zero-order valence-electron chi connectivity index (χ0n) is 17.3. The minimum absolute atomic E-state index is 0.0194. The molecule has 2 aromatic carbocycles. The smallest absolute Gasteiger partial charge is 0.283 e. The molecule has 2 aliphatic heterocycles. The summed E-state index contributed by atoms with van der Waals surface area (Å²) in [6.07, 6.45) is 1.72. The first kappa shape index (κ1) is 20.5. The second kappa shape index (κ2) is 7.93. The highest BCUT2D eigenvalue weighted by molar-refractivity contribution is 8.27. The van der Waals surface area contributed by atoms with Crippen LogP contribution in [0.2, 0.25) is 5.02 Å². The molecule has 0 spiro atoms. The van der Waals surface area contributed by atoms with E-state index in [-0.39, 0.29) is 11.4 Å². The van der Waals surface area contributed by atoms with Gasteiger partial charge in [0.2, 0.25) is 5.17 Å². The van der Waals surface area contributed by atoms with E-state index in [2.05, 4.69) is 14.7 Å². The van der Waals surface area contributed by atoms with Crippen LogP contribution in [0.3, 0.4) is 0 Å². The fourth-order valence-corrected chi connectivity index (χ4v) is 4.87. The van der Waals surface area contributed by atoms with Gasteiger partial charge in [-0.25, -0.2) is 0 Å². The molecule has 0 fully saturated rings. The molecular formula is C24H18ClN5OS. The van der Waals surface area contributed by atoms with E-state index in [9.17, 15) is 4.79 Å². The third kappa shape index (κ3) is 3.49. The molecule has 0 radical (unpaired) electrons. The van der Waals surface area contributed by atoms with Crippen LogP contribution in [0.1, 0.15) is 22.5 Å². The van der Waals surface area contributed by atoms with E-state index in [1.165, 1.54) is 16.8 Å². The number of nitrogens with one attached hydrogen (secondary N) is 1. The van der Waals surface area contributed by atoms with Gasteiger partial charge in [-0.1, -0.05) is 48.0 Å². The topological polar surface area (TPSA) is 73.8 Å². The number of amides is 1. The summed E-state index contributed by atoms with van der Waals surface area (Å²) < 4.78 is 2.07. The van der Waals surface area contributed by atoms with E-state index in [0.717, 1.165) is 28.2 Å². The molecule has 0 saturated heterocycles. The number of hydrogen-bond donors (Lipinski definition) is 1. The molecule has 8 heteroatoms. The van der Waals surface area contributed by atoms with Gasteiger partial charge in [0.25, 0.3) is 5.91 Å². The van der Waals surface area contributed by atoms with E-state index in [0.29, 0.717) is 15.2 Å². The van der Waals surface area contributed by atoms with Crippen molar-refractivity contribution in [1.82, 2.24) is 9.58 Å². The lowest BCUT2D eigenvalue weighted by Crippen LogP contribution is -2.35. The van der Waals surface area contributed by atoms with Crippen molar-refractivity contribution in [1.29, 1.82) is 5.41 Å². The molecule has 0 aliphatic carbocycles. The molecule has 0 bridgehead atoms. The van der Waals surface area contributed by atoms with Gasteiger partial charge in [0.1, 0.15) is 5.04 Å². The minimum Gasteiger partial charge on any atom is -0.318 e. The van der Waals surface area contributed by atoms with Crippen molar-refractivity contribution in [2.45, 2.75) is 13.8 Å². The van der Waals surface area contributed by atoms with Gasteiger partial charge in [-0.15, -0.1) is 0 Å². The number of hydrogen-bond acceptors (Lipinski definition) is 4. The fourth-order valence-electron chi connectivity index (χ4n) is 3.79. The lowest BCUT2D eigenvalue weighted by Gasteiger charge is -2.20. The monoisotopic (exact) mass is 459 g/mol. The Hall–Kier alpha value is -3.42. The number of benzene rings is 2. The van der Waals surface area contributed by atoms with Crippen molar-refractivity contribution in [2.24, 2.45) is 10.1 Å². The molecule has 5 rings (SSSR count). The molecule has 1 aromatic heterocycles. The van der Waals surface area contributed by atoms with Crippen LogP contribution in [0.25, 0.3) is 11.8 Å². The van der Waals surface area contributed by atoms with Crippen molar-refractivity contribution >= 4 is 51.4 Å². The Labute approximate surface area is 194 Å². The van der Waals surface area contributed by atoms with Gasteiger partial charge in [-0.05, 0) is 61.5 Å². The number of halogens is 1. The van der Waals surface area contributed by atoms with Gasteiger partial charge >= 0.3 is 0 Å².